The van der Waals surface area contributed by atoms with Gasteiger partial charge in [0, 0.05) is 11.5 Å². The minimum atomic E-state index is 0.446. The van der Waals surface area contributed by atoms with Crippen molar-refractivity contribution in [3.8, 4) is 28.7 Å². The van der Waals surface area contributed by atoms with Crippen molar-refractivity contribution in [2.75, 3.05) is 0 Å². The summed E-state index contributed by atoms with van der Waals surface area (Å²) in [7, 11) is 0. The van der Waals surface area contributed by atoms with Crippen molar-refractivity contribution >= 4 is 0 Å². The molecule has 0 bridgehead atoms. The molecule has 122 valence electrons. The van der Waals surface area contributed by atoms with Crippen molar-refractivity contribution in [1.29, 1.82) is 0 Å². The molecule has 1 aliphatic heterocycles. The molecule has 6 rings (SSSR count). The maximum absolute atomic E-state index is 5.49. The molecule has 1 saturated carbocycles. The van der Waals surface area contributed by atoms with Gasteiger partial charge in [-0.2, -0.15) is 10.1 Å². The van der Waals surface area contributed by atoms with E-state index in [0.717, 1.165) is 41.4 Å². The standard InChI is InChI=1S/C17H13N7O/c1-2-4-12-11(3-1)16-18-8-20-24(16)7-13-14(19-9-23(12)13)17-21-15(22-25-17)10-5-6-10/h1-4,8-10H,5-7H2. The van der Waals surface area contributed by atoms with Crippen molar-refractivity contribution in [3.63, 3.8) is 0 Å². The fourth-order valence-electron chi connectivity index (χ4n) is 3.35. The van der Waals surface area contributed by atoms with Crippen molar-refractivity contribution < 1.29 is 4.52 Å². The lowest BCUT2D eigenvalue weighted by molar-refractivity contribution is 0.421. The van der Waals surface area contributed by atoms with Crippen LogP contribution in [0.1, 0.15) is 30.3 Å². The van der Waals surface area contributed by atoms with E-state index in [0.29, 0.717) is 24.0 Å². The fourth-order valence-corrected chi connectivity index (χ4v) is 3.35. The number of fused-ring (bicyclic) bond motifs is 5. The van der Waals surface area contributed by atoms with Crippen molar-refractivity contribution in [2.24, 2.45) is 0 Å². The van der Waals surface area contributed by atoms with Crippen LogP contribution in [0.4, 0.5) is 0 Å². The summed E-state index contributed by atoms with van der Waals surface area (Å²) in [5.74, 6) is 2.54. The maximum Gasteiger partial charge on any atom is 0.278 e. The molecule has 1 fully saturated rings. The van der Waals surface area contributed by atoms with Gasteiger partial charge in [0.2, 0.25) is 0 Å². The first-order chi connectivity index (χ1) is 12.4. The van der Waals surface area contributed by atoms with Crippen LogP contribution in [0.3, 0.4) is 0 Å². The van der Waals surface area contributed by atoms with Gasteiger partial charge in [-0.1, -0.05) is 17.3 Å². The van der Waals surface area contributed by atoms with Crippen LogP contribution >= 0.6 is 0 Å². The summed E-state index contributed by atoms with van der Waals surface area (Å²) in [6, 6.07) is 8.10. The summed E-state index contributed by atoms with van der Waals surface area (Å²) in [6.07, 6.45) is 5.65. The second-order valence-electron chi connectivity index (χ2n) is 6.40. The van der Waals surface area contributed by atoms with E-state index in [1.807, 2.05) is 22.9 Å². The van der Waals surface area contributed by atoms with Crippen LogP contribution < -0.4 is 0 Å². The maximum atomic E-state index is 5.49. The van der Waals surface area contributed by atoms with Gasteiger partial charge in [0.1, 0.15) is 12.7 Å². The first-order valence-corrected chi connectivity index (χ1v) is 8.26. The monoisotopic (exact) mass is 331 g/mol. The Morgan fingerprint density at radius 2 is 2.04 bits per heavy atom. The summed E-state index contributed by atoms with van der Waals surface area (Å²) >= 11 is 0. The molecule has 3 aromatic heterocycles. The molecular weight excluding hydrogens is 318 g/mol. The molecule has 4 aromatic rings. The molecule has 0 saturated heterocycles. The highest BCUT2D eigenvalue weighted by atomic mass is 16.5. The lowest BCUT2D eigenvalue weighted by Gasteiger charge is -2.07. The normalized spacial score (nSPS) is 15.4. The molecule has 1 aliphatic carbocycles. The van der Waals surface area contributed by atoms with Crippen LogP contribution in [0.25, 0.3) is 28.7 Å². The molecule has 2 aliphatic rings. The lowest BCUT2D eigenvalue weighted by atomic mass is 10.1. The summed E-state index contributed by atoms with van der Waals surface area (Å²) in [4.78, 5) is 13.5. The van der Waals surface area contributed by atoms with Crippen LogP contribution in [0.5, 0.6) is 0 Å². The first-order valence-electron chi connectivity index (χ1n) is 8.26. The van der Waals surface area contributed by atoms with E-state index in [2.05, 4.69) is 35.8 Å². The van der Waals surface area contributed by atoms with Gasteiger partial charge >= 0.3 is 0 Å². The number of imidazole rings is 1. The minimum absolute atomic E-state index is 0.446. The Morgan fingerprint density at radius 3 is 2.96 bits per heavy atom. The van der Waals surface area contributed by atoms with E-state index in [9.17, 15) is 0 Å². The SMILES string of the molecule is c1ccc2c(c1)-c1ncnn1Cc1c(-c3nc(C4CC4)no3)ncn1-2. The number of para-hydroxylation sites is 1. The van der Waals surface area contributed by atoms with Crippen LogP contribution in [-0.2, 0) is 6.54 Å². The van der Waals surface area contributed by atoms with E-state index in [4.69, 9.17) is 4.52 Å². The van der Waals surface area contributed by atoms with Gasteiger partial charge in [-0.25, -0.2) is 14.6 Å². The first kappa shape index (κ1) is 13.1. The zero-order valence-corrected chi connectivity index (χ0v) is 13.2. The minimum Gasteiger partial charge on any atom is -0.332 e. The predicted molar refractivity (Wildman–Crippen MR) is 86.9 cm³/mol. The summed E-state index contributed by atoms with van der Waals surface area (Å²) in [5.41, 5.74) is 3.71. The van der Waals surface area contributed by atoms with Gasteiger partial charge in [0.05, 0.1) is 17.9 Å². The van der Waals surface area contributed by atoms with E-state index in [1.165, 1.54) is 0 Å². The van der Waals surface area contributed by atoms with Crippen LogP contribution in [0.15, 0.2) is 41.4 Å². The Morgan fingerprint density at radius 1 is 1.12 bits per heavy atom. The second kappa shape index (κ2) is 4.62. The lowest BCUT2D eigenvalue weighted by Crippen LogP contribution is -2.05. The number of nitrogens with zero attached hydrogens (tertiary/aromatic N) is 7. The molecule has 0 radical (unpaired) electrons. The van der Waals surface area contributed by atoms with Crippen molar-refractivity contribution in [1.82, 2.24) is 34.5 Å². The van der Waals surface area contributed by atoms with Crippen LogP contribution in [0, 0.1) is 0 Å². The van der Waals surface area contributed by atoms with Crippen molar-refractivity contribution in [3.05, 3.63) is 48.4 Å². The van der Waals surface area contributed by atoms with Gasteiger partial charge in [-0.3, -0.25) is 4.57 Å². The van der Waals surface area contributed by atoms with Gasteiger partial charge in [-0.15, -0.1) is 0 Å². The number of hydrogen-bond donors (Lipinski definition) is 0. The fraction of sp³-hybridized carbons (Fsp3) is 0.235. The zero-order valence-electron chi connectivity index (χ0n) is 13.2. The van der Waals surface area contributed by atoms with Crippen LogP contribution in [-0.4, -0.2) is 34.5 Å². The molecule has 25 heavy (non-hydrogen) atoms. The van der Waals surface area contributed by atoms with Crippen molar-refractivity contribution in [2.45, 2.75) is 25.3 Å². The summed E-state index contributed by atoms with van der Waals surface area (Å²) < 4.78 is 9.43. The molecule has 0 unspecified atom stereocenters. The number of benzene rings is 1. The molecule has 1 aromatic carbocycles. The smallest absolute Gasteiger partial charge is 0.278 e. The van der Waals surface area contributed by atoms with Gasteiger partial charge in [0.15, 0.2) is 17.3 Å². The molecule has 4 heterocycles. The molecule has 0 N–H and O–H groups in total. The molecular formula is C17H13N7O. The second-order valence-corrected chi connectivity index (χ2v) is 6.40. The Labute approximate surface area is 142 Å². The number of aromatic nitrogens is 7. The number of rotatable bonds is 2. The highest BCUT2D eigenvalue weighted by Gasteiger charge is 2.31. The Kier molecular flexibility index (Phi) is 2.41. The van der Waals surface area contributed by atoms with Gasteiger partial charge < -0.3 is 4.52 Å². The zero-order chi connectivity index (χ0) is 16.4. The quantitative estimate of drug-likeness (QED) is 0.494. The van der Waals surface area contributed by atoms with Gasteiger partial charge in [-0.05, 0) is 25.0 Å². The van der Waals surface area contributed by atoms with E-state index < -0.39 is 0 Å². The average Bonchev–Trinajstić information content (AvgIpc) is 3.07. The molecule has 0 spiro atoms. The topological polar surface area (TPSA) is 87.4 Å². The molecule has 0 amide bonds. The predicted octanol–water partition coefficient (Wildman–Crippen LogP) is 2.42. The van der Waals surface area contributed by atoms with E-state index in [1.54, 1.807) is 12.7 Å². The van der Waals surface area contributed by atoms with Crippen LogP contribution in [0.2, 0.25) is 0 Å². The largest absolute Gasteiger partial charge is 0.332 e. The van der Waals surface area contributed by atoms with E-state index >= 15 is 0 Å². The Bertz CT molecular complexity index is 1100. The number of hydrogen-bond acceptors (Lipinski definition) is 6. The molecule has 0 atom stereocenters. The molecule has 8 nitrogen and oxygen atoms in total. The summed E-state index contributed by atoms with van der Waals surface area (Å²) in [6.45, 7) is 0.542. The average molecular weight is 331 g/mol. The third-order valence-electron chi connectivity index (χ3n) is 4.77. The third kappa shape index (κ3) is 1.84. The van der Waals surface area contributed by atoms with E-state index in [-0.39, 0.29) is 0 Å². The van der Waals surface area contributed by atoms with Gasteiger partial charge in [0.25, 0.3) is 5.89 Å². The molecule has 8 heteroatoms. The highest BCUT2D eigenvalue weighted by molar-refractivity contribution is 5.70. The highest BCUT2D eigenvalue weighted by Crippen LogP contribution is 2.39. The Hall–Kier alpha value is -3.29. The Balaban J connectivity index is 1.57. The summed E-state index contributed by atoms with van der Waals surface area (Å²) in [5, 5.41) is 8.49. The third-order valence-corrected chi connectivity index (χ3v) is 4.77.